The van der Waals surface area contributed by atoms with Crippen LogP contribution in [0.15, 0.2) is 22.7 Å². The Labute approximate surface area is 131 Å². The number of hydrogen-bond donors (Lipinski definition) is 1. The van der Waals surface area contributed by atoms with Crippen LogP contribution in [-0.4, -0.2) is 29.9 Å². The van der Waals surface area contributed by atoms with Crippen molar-refractivity contribution in [3.8, 4) is 0 Å². The van der Waals surface area contributed by atoms with Gasteiger partial charge in [-0.3, -0.25) is 4.99 Å². The third-order valence-electron chi connectivity index (χ3n) is 2.98. The van der Waals surface area contributed by atoms with Gasteiger partial charge in [0.1, 0.15) is 11.3 Å². The molecular weight excluding hydrogens is 316 g/mol. The number of carbonyl (C=O) groups excluding carboxylic acids is 1. The van der Waals surface area contributed by atoms with Crippen molar-refractivity contribution in [2.24, 2.45) is 4.99 Å². The van der Waals surface area contributed by atoms with Crippen molar-refractivity contribution in [3.05, 3.63) is 39.9 Å². The molecule has 22 heavy (non-hydrogen) atoms. The predicted octanol–water partition coefficient (Wildman–Crippen LogP) is 3.68. The smallest absolute Gasteiger partial charge is 0.343 e. The molecular formula is C15H14ClF2NO3. The average Bonchev–Trinajstić information content (AvgIpc) is 3.27. The highest BCUT2D eigenvalue weighted by Crippen LogP contribution is 2.28. The molecule has 0 atom stereocenters. The Morgan fingerprint density at radius 1 is 1.45 bits per heavy atom. The number of aliphatic imine (C=N–C) groups is 1. The van der Waals surface area contributed by atoms with E-state index in [1.807, 2.05) is 0 Å². The maximum atomic E-state index is 13.3. The molecule has 1 saturated carbocycles. The Hall–Kier alpha value is -1.95. The summed E-state index contributed by atoms with van der Waals surface area (Å²) in [6.45, 7) is 1.70. The first kappa shape index (κ1) is 16.4. The van der Waals surface area contributed by atoms with Gasteiger partial charge >= 0.3 is 5.97 Å². The van der Waals surface area contributed by atoms with Crippen LogP contribution in [0.5, 0.6) is 0 Å². The summed E-state index contributed by atoms with van der Waals surface area (Å²) in [5.41, 5.74) is -0.451. The summed E-state index contributed by atoms with van der Waals surface area (Å²) in [7, 11) is 0. The summed E-state index contributed by atoms with van der Waals surface area (Å²) in [6, 6.07) is 1.55. The van der Waals surface area contributed by atoms with E-state index in [0.717, 1.165) is 25.0 Å². The molecule has 7 heteroatoms. The number of carbonyl (C=O) groups is 1. The maximum Gasteiger partial charge on any atom is 0.343 e. The Kier molecular flexibility index (Phi) is 5.13. The fraction of sp³-hybridized carbons (Fsp3) is 0.333. The predicted molar refractivity (Wildman–Crippen MR) is 79.1 cm³/mol. The third kappa shape index (κ3) is 3.82. The second kappa shape index (κ2) is 6.87. The second-order valence-corrected chi connectivity index (χ2v) is 5.15. The molecule has 0 spiro atoms. The fourth-order valence-corrected chi connectivity index (χ4v) is 1.91. The number of nitrogens with zero attached hydrogens (tertiary/aromatic N) is 1. The lowest BCUT2D eigenvalue weighted by atomic mass is 10.1. The molecule has 0 aromatic heterocycles. The average molecular weight is 330 g/mol. The molecule has 0 radical (unpaired) electrons. The molecule has 1 aliphatic carbocycles. The number of hydrogen-bond acceptors (Lipinski definition) is 4. The quantitative estimate of drug-likeness (QED) is 0.295. The van der Waals surface area contributed by atoms with Crippen molar-refractivity contribution >= 4 is 29.5 Å². The molecule has 0 heterocycles. The van der Waals surface area contributed by atoms with Gasteiger partial charge < -0.3 is 9.84 Å². The van der Waals surface area contributed by atoms with E-state index in [1.54, 1.807) is 6.92 Å². The molecule has 0 saturated heterocycles. The van der Waals surface area contributed by atoms with Gasteiger partial charge in [0.2, 0.25) is 0 Å². The van der Waals surface area contributed by atoms with E-state index in [9.17, 15) is 18.7 Å². The van der Waals surface area contributed by atoms with Crippen molar-refractivity contribution < 1.29 is 23.4 Å². The molecule has 118 valence electrons. The van der Waals surface area contributed by atoms with E-state index in [-0.39, 0.29) is 28.8 Å². The van der Waals surface area contributed by atoms with Crippen LogP contribution in [-0.2, 0) is 9.53 Å². The van der Waals surface area contributed by atoms with Gasteiger partial charge in [-0.25, -0.2) is 13.6 Å². The Morgan fingerprint density at radius 3 is 2.68 bits per heavy atom. The van der Waals surface area contributed by atoms with Crippen LogP contribution < -0.4 is 0 Å². The minimum absolute atomic E-state index is 0.0956. The zero-order valence-corrected chi connectivity index (χ0v) is 12.5. The van der Waals surface area contributed by atoms with Gasteiger partial charge in [-0.15, -0.1) is 0 Å². The number of aliphatic hydroxyl groups is 1. The molecule has 1 N–H and O–H groups in total. The molecule has 4 nitrogen and oxygen atoms in total. The lowest BCUT2D eigenvalue weighted by Crippen LogP contribution is -2.12. The zero-order chi connectivity index (χ0) is 16.3. The van der Waals surface area contributed by atoms with Gasteiger partial charge in [-0.1, -0.05) is 11.6 Å². The zero-order valence-electron chi connectivity index (χ0n) is 11.8. The molecule has 1 fully saturated rings. The summed E-state index contributed by atoms with van der Waals surface area (Å²) < 4.78 is 31.3. The topological polar surface area (TPSA) is 58.9 Å². The second-order valence-electron chi connectivity index (χ2n) is 4.74. The molecule has 0 amide bonds. The monoisotopic (exact) mass is 329 g/mol. The Balaban J connectivity index is 2.47. The number of rotatable bonds is 5. The summed E-state index contributed by atoms with van der Waals surface area (Å²) >= 11 is 5.80. The highest BCUT2D eigenvalue weighted by molar-refractivity contribution is 6.32. The number of aliphatic hydroxyl groups excluding tert-OH is 1. The number of benzene rings is 1. The van der Waals surface area contributed by atoms with E-state index >= 15 is 0 Å². The van der Waals surface area contributed by atoms with Gasteiger partial charge in [0.15, 0.2) is 11.6 Å². The molecule has 1 aliphatic rings. The first-order valence-electron chi connectivity index (χ1n) is 6.72. The largest absolute Gasteiger partial charge is 0.506 e. The molecule has 1 aromatic rings. The van der Waals surface area contributed by atoms with Crippen molar-refractivity contribution in [2.75, 3.05) is 6.61 Å². The first-order chi connectivity index (χ1) is 10.4. The molecule has 0 aliphatic heterocycles. The van der Waals surface area contributed by atoms with Crippen molar-refractivity contribution in [1.82, 2.24) is 0 Å². The van der Waals surface area contributed by atoms with Gasteiger partial charge in [-0.05, 0) is 31.9 Å². The van der Waals surface area contributed by atoms with Crippen LogP contribution in [0.25, 0.3) is 5.76 Å². The Morgan fingerprint density at radius 2 is 2.09 bits per heavy atom. The van der Waals surface area contributed by atoms with Gasteiger partial charge in [0, 0.05) is 11.8 Å². The van der Waals surface area contributed by atoms with Crippen molar-refractivity contribution in [3.63, 3.8) is 0 Å². The van der Waals surface area contributed by atoms with Crippen molar-refractivity contribution in [1.29, 1.82) is 0 Å². The van der Waals surface area contributed by atoms with E-state index in [4.69, 9.17) is 16.3 Å². The molecule has 0 bridgehead atoms. The van der Waals surface area contributed by atoms with Crippen molar-refractivity contribution in [2.45, 2.75) is 25.8 Å². The molecule has 2 rings (SSSR count). The van der Waals surface area contributed by atoms with E-state index in [2.05, 4.69) is 4.99 Å². The van der Waals surface area contributed by atoms with Gasteiger partial charge in [0.05, 0.1) is 17.7 Å². The first-order valence-corrected chi connectivity index (χ1v) is 7.10. The summed E-state index contributed by atoms with van der Waals surface area (Å²) in [4.78, 5) is 16.0. The van der Waals surface area contributed by atoms with Gasteiger partial charge in [0.25, 0.3) is 0 Å². The summed E-state index contributed by atoms with van der Waals surface area (Å²) in [6.07, 6.45) is 2.99. The SMILES string of the molecule is CCOC(=O)/C(C=NC1CC1)=C(/O)c1cc(F)c(F)cc1Cl. The van der Waals surface area contributed by atoms with Crippen LogP contribution in [0.3, 0.4) is 0 Å². The fourth-order valence-electron chi connectivity index (χ4n) is 1.67. The normalized spacial score (nSPS) is 15.8. The number of halogens is 3. The lowest BCUT2D eigenvalue weighted by molar-refractivity contribution is -0.137. The molecule has 0 unspecified atom stereocenters. The van der Waals surface area contributed by atoms with Crippen LogP contribution >= 0.6 is 11.6 Å². The van der Waals surface area contributed by atoms with Crippen LogP contribution in [0.1, 0.15) is 25.3 Å². The Bertz CT molecular complexity index is 654. The van der Waals surface area contributed by atoms with E-state index < -0.39 is 23.4 Å². The lowest BCUT2D eigenvalue weighted by Gasteiger charge is -2.09. The maximum absolute atomic E-state index is 13.3. The standard InChI is InChI=1S/C15H14ClF2NO3/c1-2-22-15(21)10(7-19-8-3-4-8)14(20)9-5-12(17)13(18)6-11(9)16/h5-8,20H,2-4H2,1H3/b14-10+,19-7?. The highest BCUT2D eigenvalue weighted by atomic mass is 35.5. The van der Waals surface area contributed by atoms with Crippen LogP contribution in [0, 0.1) is 11.6 Å². The summed E-state index contributed by atoms with van der Waals surface area (Å²) in [5, 5.41) is 10.00. The summed E-state index contributed by atoms with van der Waals surface area (Å²) in [5.74, 6) is -3.75. The number of esters is 1. The van der Waals surface area contributed by atoms with E-state index in [1.165, 1.54) is 6.21 Å². The van der Waals surface area contributed by atoms with E-state index in [0.29, 0.717) is 0 Å². The molecule has 1 aromatic carbocycles. The number of ether oxygens (including phenoxy) is 1. The minimum Gasteiger partial charge on any atom is -0.506 e. The van der Waals surface area contributed by atoms with Crippen LogP contribution in [0.4, 0.5) is 8.78 Å². The third-order valence-corrected chi connectivity index (χ3v) is 3.29. The highest BCUT2D eigenvalue weighted by Gasteiger charge is 2.23. The van der Waals surface area contributed by atoms with Gasteiger partial charge in [-0.2, -0.15) is 0 Å². The minimum atomic E-state index is -1.19. The van der Waals surface area contributed by atoms with Crippen LogP contribution in [0.2, 0.25) is 5.02 Å².